The highest BCUT2D eigenvalue weighted by molar-refractivity contribution is 8.03. The zero-order valence-electron chi connectivity index (χ0n) is 16.8. The quantitative estimate of drug-likeness (QED) is 0.127. The molecular formula is C25H23NO3S. The van der Waals surface area contributed by atoms with E-state index < -0.39 is 5.97 Å². The highest BCUT2D eigenvalue weighted by Crippen LogP contribution is 2.24. The number of nitrogens with zero attached hydrogens (tertiary/aromatic N) is 1. The number of hydrogen-bond acceptors (Lipinski definition) is 5. The summed E-state index contributed by atoms with van der Waals surface area (Å²) in [5.41, 5.74) is 2.55. The number of unbranched alkanes of at least 4 members (excludes halogenated alkanes) is 2. The van der Waals surface area contributed by atoms with Gasteiger partial charge in [0.15, 0.2) is 0 Å². The summed E-state index contributed by atoms with van der Waals surface area (Å²) in [4.78, 5) is 13.2. The summed E-state index contributed by atoms with van der Waals surface area (Å²) in [6, 6.07) is 22.1. The topological polar surface area (TPSA) is 59.3 Å². The van der Waals surface area contributed by atoms with E-state index >= 15 is 0 Å². The van der Waals surface area contributed by atoms with Gasteiger partial charge in [-0.1, -0.05) is 44.0 Å². The number of thiocyanates is 1. The van der Waals surface area contributed by atoms with Crippen LogP contribution in [-0.2, 0) is 0 Å². The third kappa shape index (κ3) is 6.13. The van der Waals surface area contributed by atoms with Crippen LogP contribution in [0.5, 0.6) is 11.5 Å². The summed E-state index contributed by atoms with van der Waals surface area (Å²) in [6.07, 6.45) is 3.43. The largest absolute Gasteiger partial charge is 0.494 e. The number of benzene rings is 3. The molecule has 0 aliphatic heterocycles. The van der Waals surface area contributed by atoms with Crippen molar-refractivity contribution in [3.63, 3.8) is 0 Å². The molecule has 5 heteroatoms. The molecule has 3 aromatic rings. The van der Waals surface area contributed by atoms with Gasteiger partial charge < -0.3 is 9.47 Å². The molecule has 0 radical (unpaired) electrons. The van der Waals surface area contributed by atoms with Crippen molar-refractivity contribution in [2.45, 2.75) is 31.1 Å². The first kappa shape index (κ1) is 21.5. The lowest BCUT2D eigenvalue weighted by molar-refractivity contribution is 0.0734. The zero-order chi connectivity index (χ0) is 21.2. The minimum Gasteiger partial charge on any atom is -0.494 e. The maximum absolute atomic E-state index is 12.4. The first-order valence-corrected chi connectivity index (χ1v) is 10.7. The van der Waals surface area contributed by atoms with Crippen LogP contribution in [0.25, 0.3) is 11.1 Å². The number of hydrogen-bond donors (Lipinski definition) is 0. The number of ether oxygens (including phenoxy) is 2. The lowest BCUT2D eigenvalue weighted by atomic mass is 10.0. The van der Waals surface area contributed by atoms with Gasteiger partial charge in [0.25, 0.3) is 0 Å². The van der Waals surface area contributed by atoms with E-state index in [1.165, 1.54) is 12.8 Å². The Morgan fingerprint density at radius 2 is 1.47 bits per heavy atom. The maximum Gasteiger partial charge on any atom is 0.343 e. The number of carbonyl (C=O) groups excluding carboxylic acids is 1. The minimum absolute atomic E-state index is 0.418. The Hall–Kier alpha value is -3.23. The molecule has 0 atom stereocenters. The molecule has 0 fully saturated rings. The lowest BCUT2D eigenvalue weighted by Crippen LogP contribution is -2.08. The fraction of sp³-hybridized carbons (Fsp3) is 0.200. The van der Waals surface area contributed by atoms with Gasteiger partial charge in [-0.3, -0.25) is 0 Å². The molecule has 3 aromatic carbocycles. The number of esters is 1. The minimum atomic E-state index is -0.418. The Labute approximate surface area is 181 Å². The van der Waals surface area contributed by atoms with Crippen LogP contribution in [0.15, 0.2) is 77.7 Å². The third-order valence-electron chi connectivity index (χ3n) is 4.52. The van der Waals surface area contributed by atoms with Crippen molar-refractivity contribution in [1.82, 2.24) is 0 Å². The highest BCUT2D eigenvalue weighted by Gasteiger charge is 2.09. The van der Waals surface area contributed by atoms with Gasteiger partial charge in [0.05, 0.1) is 12.2 Å². The maximum atomic E-state index is 12.4. The third-order valence-corrected chi connectivity index (χ3v) is 5.12. The van der Waals surface area contributed by atoms with Crippen LogP contribution in [0.1, 0.15) is 36.5 Å². The summed E-state index contributed by atoms with van der Waals surface area (Å²) < 4.78 is 11.2. The highest BCUT2D eigenvalue weighted by atomic mass is 32.2. The van der Waals surface area contributed by atoms with Gasteiger partial charge in [-0.2, -0.15) is 5.26 Å². The van der Waals surface area contributed by atoms with E-state index in [4.69, 9.17) is 14.7 Å². The first-order chi connectivity index (χ1) is 14.7. The molecule has 0 spiro atoms. The molecule has 0 saturated carbocycles. The van der Waals surface area contributed by atoms with Crippen LogP contribution < -0.4 is 9.47 Å². The molecule has 30 heavy (non-hydrogen) atoms. The number of nitriles is 1. The van der Waals surface area contributed by atoms with Crippen molar-refractivity contribution >= 4 is 17.7 Å². The zero-order valence-corrected chi connectivity index (χ0v) is 17.7. The van der Waals surface area contributed by atoms with Gasteiger partial charge in [-0.15, -0.1) is 0 Å². The SMILES string of the molecule is CCCCCOc1ccc(-c2ccc(C(=O)Oc3ccc(SC#N)cc3)cc2)cc1. The van der Waals surface area contributed by atoms with E-state index in [9.17, 15) is 4.79 Å². The van der Waals surface area contributed by atoms with Crippen LogP contribution in [0.2, 0.25) is 0 Å². The number of carbonyl (C=O) groups is 1. The molecule has 0 amide bonds. The summed E-state index contributed by atoms with van der Waals surface area (Å²) in [7, 11) is 0. The molecule has 0 heterocycles. The molecule has 0 unspecified atom stereocenters. The predicted molar refractivity (Wildman–Crippen MR) is 120 cm³/mol. The summed E-state index contributed by atoms with van der Waals surface area (Å²) in [6.45, 7) is 2.91. The van der Waals surface area contributed by atoms with Crippen molar-refractivity contribution in [2.75, 3.05) is 6.61 Å². The average Bonchev–Trinajstić information content (AvgIpc) is 2.79. The molecule has 0 N–H and O–H groups in total. The Morgan fingerprint density at radius 3 is 2.07 bits per heavy atom. The van der Waals surface area contributed by atoms with Gasteiger partial charge in [-0.25, -0.2) is 4.79 Å². The lowest BCUT2D eigenvalue weighted by Gasteiger charge is -2.08. The fourth-order valence-electron chi connectivity index (χ4n) is 2.88. The standard InChI is InChI=1S/C25H23NO3S/c1-2-3-4-17-28-22-11-9-20(10-12-22)19-5-7-21(8-6-19)25(27)29-23-13-15-24(16-14-23)30-18-26/h5-16H,2-4,17H2,1H3. The molecular weight excluding hydrogens is 394 g/mol. The summed E-state index contributed by atoms with van der Waals surface area (Å²) in [5, 5.41) is 10.7. The average molecular weight is 418 g/mol. The molecule has 152 valence electrons. The molecule has 0 bridgehead atoms. The second-order valence-corrected chi connectivity index (χ2v) is 7.57. The molecule has 0 saturated heterocycles. The summed E-state index contributed by atoms with van der Waals surface area (Å²) in [5.74, 6) is 0.896. The second kappa shape index (κ2) is 11.1. The van der Waals surface area contributed by atoms with E-state index in [0.717, 1.165) is 46.6 Å². The van der Waals surface area contributed by atoms with E-state index in [2.05, 4.69) is 6.92 Å². The molecule has 4 nitrogen and oxygen atoms in total. The van der Waals surface area contributed by atoms with Gasteiger partial charge in [0.2, 0.25) is 0 Å². The van der Waals surface area contributed by atoms with Crippen molar-refractivity contribution in [3.05, 3.63) is 78.4 Å². The summed E-state index contributed by atoms with van der Waals surface area (Å²) >= 11 is 1.06. The van der Waals surface area contributed by atoms with Crippen molar-refractivity contribution in [1.29, 1.82) is 5.26 Å². The van der Waals surface area contributed by atoms with Crippen LogP contribution in [0.3, 0.4) is 0 Å². The van der Waals surface area contributed by atoms with Gasteiger partial charge in [-0.05, 0) is 77.8 Å². The van der Waals surface area contributed by atoms with Gasteiger partial charge in [0.1, 0.15) is 16.9 Å². The molecule has 0 aliphatic rings. The van der Waals surface area contributed by atoms with Crippen LogP contribution in [-0.4, -0.2) is 12.6 Å². The van der Waals surface area contributed by atoms with Gasteiger partial charge >= 0.3 is 5.97 Å². The van der Waals surface area contributed by atoms with Crippen LogP contribution >= 0.6 is 11.8 Å². The van der Waals surface area contributed by atoms with Crippen LogP contribution in [0.4, 0.5) is 0 Å². The van der Waals surface area contributed by atoms with E-state index in [-0.39, 0.29) is 0 Å². The molecule has 0 aliphatic carbocycles. The van der Waals surface area contributed by atoms with Gasteiger partial charge in [0, 0.05) is 4.90 Å². The van der Waals surface area contributed by atoms with E-state index in [1.54, 1.807) is 36.4 Å². The molecule has 0 aromatic heterocycles. The van der Waals surface area contributed by atoms with Crippen molar-refractivity contribution in [2.24, 2.45) is 0 Å². The second-order valence-electron chi connectivity index (χ2n) is 6.71. The van der Waals surface area contributed by atoms with E-state index in [0.29, 0.717) is 11.3 Å². The number of thioether (sulfide) groups is 1. The normalized spacial score (nSPS) is 10.3. The van der Waals surface area contributed by atoms with Crippen LogP contribution in [0, 0.1) is 10.7 Å². The Balaban J connectivity index is 1.58. The first-order valence-electron chi connectivity index (χ1n) is 9.91. The Bertz CT molecular complexity index is 991. The predicted octanol–water partition coefficient (Wildman–Crippen LogP) is 6.71. The number of rotatable bonds is 9. The van der Waals surface area contributed by atoms with Crippen molar-refractivity contribution < 1.29 is 14.3 Å². The fourth-order valence-corrected chi connectivity index (χ4v) is 3.26. The monoisotopic (exact) mass is 417 g/mol. The molecule has 3 rings (SSSR count). The Kier molecular flexibility index (Phi) is 7.94. The smallest absolute Gasteiger partial charge is 0.343 e. The Morgan fingerprint density at radius 1 is 0.867 bits per heavy atom. The van der Waals surface area contributed by atoms with Crippen molar-refractivity contribution in [3.8, 4) is 28.0 Å². The van der Waals surface area contributed by atoms with E-state index in [1.807, 2.05) is 41.8 Å².